The van der Waals surface area contributed by atoms with E-state index in [1.54, 1.807) is 11.3 Å². The maximum Gasteiger partial charge on any atom is 0.140 e. The van der Waals surface area contributed by atoms with Gasteiger partial charge in [0.05, 0.1) is 12.2 Å². The lowest BCUT2D eigenvalue weighted by atomic mass is 10.00. The van der Waals surface area contributed by atoms with Gasteiger partial charge in [-0.2, -0.15) is 0 Å². The van der Waals surface area contributed by atoms with Crippen molar-refractivity contribution in [2.24, 2.45) is 0 Å². The van der Waals surface area contributed by atoms with Crippen LogP contribution in [-0.2, 0) is 19.6 Å². The number of rotatable bonds is 5. The number of ether oxygens (including phenoxy) is 1. The van der Waals surface area contributed by atoms with Crippen LogP contribution in [0.25, 0.3) is 0 Å². The second-order valence-electron chi connectivity index (χ2n) is 6.20. The van der Waals surface area contributed by atoms with Crippen molar-refractivity contribution in [3.05, 3.63) is 70.2 Å². The zero-order valence-corrected chi connectivity index (χ0v) is 14.8. The van der Waals surface area contributed by atoms with Crippen molar-refractivity contribution in [1.29, 1.82) is 0 Å². The minimum atomic E-state index is 0.512. The van der Waals surface area contributed by atoms with Crippen LogP contribution in [0.2, 0.25) is 0 Å². The fraction of sp³-hybridized carbons (Fsp3) is 0.250. The lowest BCUT2D eigenvalue weighted by Crippen LogP contribution is -2.29. The molecule has 0 spiro atoms. The van der Waals surface area contributed by atoms with Crippen LogP contribution in [0, 0.1) is 0 Å². The molecular formula is C20H21N3OS. The third-order valence-electron chi connectivity index (χ3n) is 4.44. The van der Waals surface area contributed by atoms with Crippen molar-refractivity contribution >= 4 is 22.7 Å². The fourth-order valence-corrected chi connectivity index (χ4v) is 3.93. The van der Waals surface area contributed by atoms with Crippen molar-refractivity contribution in [3.8, 4) is 5.75 Å². The lowest BCUT2D eigenvalue weighted by molar-refractivity contribution is 0.305. The molecule has 5 heteroatoms. The maximum atomic E-state index is 6.14. The van der Waals surface area contributed by atoms with Gasteiger partial charge in [0.1, 0.15) is 17.4 Å². The Balaban J connectivity index is 1.43. The van der Waals surface area contributed by atoms with Crippen LogP contribution < -0.4 is 15.4 Å². The Kier molecular flexibility index (Phi) is 4.57. The molecule has 2 N–H and O–H groups in total. The number of aromatic nitrogens is 1. The lowest BCUT2D eigenvalue weighted by Gasteiger charge is -2.31. The van der Waals surface area contributed by atoms with Gasteiger partial charge in [-0.1, -0.05) is 24.3 Å². The summed E-state index contributed by atoms with van der Waals surface area (Å²) in [4.78, 5) is 7.12. The standard InChI is InChI=1S/C20H21N3OS/c21-18-9-4-10-19-17(18)8-5-11-23(19)12-15-14-25-20(22-15)13-24-16-6-2-1-3-7-16/h1-4,6-7,9-10,14H,5,8,11-13,21H2. The summed E-state index contributed by atoms with van der Waals surface area (Å²) >= 11 is 1.65. The Morgan fingerprint density at radius 1 is 1.12 bits per heavy atom. The predicted molar refractivity (Wildman–Crippen MR) is 103 cm³/mol. The summed E-state index contributed by atoms with van der Waals surface area (Å²) in [6.45, 7) is 2.38. The van der Waals surface area contributed by atoms with Gasteiger partial charge in [-0.25, -0.2) is 4.98 Å². The number of hydrogen-bond acceptors (Lipinski definition) is 5. The largest absolute Gasteiger partial charge is 0.486 e. The van der Waals surface area contributed by atoms with E-state index in [1.165, 1.54) is 11.3 Å². The molecule has 4 nitrogen and oxygen atoms in total. The first-order valence-corrected chi connectivity index (χ1v) is 9.41. The maximum absolute atomic E-state index is 6.14. The molecular weight excluding hydrogens is 330 g/mol. The van der Waals surface area contributed by atoms with E-state index in [0.29, 0.717) is 6.61 Å². The summed E-state index contributed by atoms with van der Waals surface area (Å²) in [5, 5.41) is 3.13. The van der Waals surface area contributed by atoms with Crippen LogP contribution in [-0.4, -0.2) is 11.5 Å². The second-order valence-corrected chi connectivity index (χ2v) is 7.15. The smallest absolute Gasteiger partial charge is 0.140 e. The highest BCUT2D eigenvalue weighted by Gasteiger charge is 2.19. The summed E-state index contributed by atoms with van der Waals surface area (Å²) in [6, 6.07) is 16.0. The molecule has 0 saturated carbocycles. The van der Waals surface area contributed by atoms with Gasteiger partial charge in [0, 0.05) is 23.3 Å². The van der Waals surface area contributed by atoms with E-state index in [4.69, 9.17) is 15.5 Å². The topological polar surface area (TPSA) is 51.4 Å². The predicted octanol–water partition coefficient (Wildman–Crippen LogP) is 4.26. The van der Waals surface area contributed by atoms with Gasteiger partial charge in [0.2, 0.25) is 0 Å². The Bertz CT molecular complexity index is 847. The number of thiazole rings is 1. The first kappa shape index (κ1) is 16.0. The Morgan fingerprint density at radius 2 is 2.00 bits per heavy atom. The third kappa shape index (κ3) is 3.61. The SMILES string of the molecule is Nc1cccc2c1CCCN2Cc1csc(COc2ccccc2)n1. The Morgan fingerprint density at radius 3 is 2.88 bits per heavy atom. The van der Waals surface area contributed by atoms with Crippen LogP contribution in [0.4, 0.5) is 11.4 Å². The van der Waals surface area contributed by atoms with Crippen LogP contribution in [0.5, 0.6) is 5.75 Å². The molecule has 3 aromatic rings. The first-order valence-electron chi connectivity index (χ1n) is 8.53. The monoisotopic (exact) mass is 351 g/mol. The molecule has 0 bridgehead atoms. The van der Waals surface area contributed by atoms with Crippen LogP contribution in [0.15, 0.2) is 53.9 Å². The molecule has 0 amide bonds. The minimum absolute atomic E-state index is 0.512. The molecule has 0 fully saturated rings. The first-order chi connectivity index (χ1) is 12.3. The Hall–Kier alpha value is -2.53. The number of nitrogens with two attached hydrogens (primary N) is 1. The van der Waals surface area contributed by atoms with Gasteiger partial charge >= 0.3 is 0 Å². The van der Waals surface area contributed by atoms with Gasteiger partial charge in [-0.05, 0) is 42.7 Å². The quantitative estimate of drug-likeness (QED) is 0.698. The Labute approximate surface area is 151 Å². The molecule has 0 unspecified atom stereocenters. The van der Waals surface area contributed by atoms with Crippen molar-refractivity contribution in [1.82, 2.24) is 4.98 Å². The van der Waals surface area contributed by atoms with E-state index in [0.717, 1.165) is 48.1 Å². The molecule has 4 rings (SSSR count). The van der Waals surface area contributed by atoms with Crippen molar-refractivity contribution < 1.29 is 4.74 Å². The number of anilines is 2. The molecule has 2 aromatic carbocycles. The number of para-hydroxylation sites is 1. The van der Waals surface area contributed by atoms with Gasteiger partial charge in [0.25, 0.3) is 0 Å². The molecule has 0 atom stereocenters. The van der Waals surface area contributed by atoms with Gasteiger partial charge < -0.3 is 15.4 Å². The van der Waals surface area contributed by atoms with E-state index in [1.807, 2.05) is 42.5 Å². The summed E-state index contributed by atoms with van der Waals surface area (Å²) in [6.07, 6.45) is 2.20. The van der Waals surface area contributed by atoms with Crippen LogP contribution >= 0.6 is 11.3 Å². The molecule has 1 aliphatic rings. The molecule has 2 heterocycles. The molecule has 128 valence electrons. The van der Waals surface area contributed by atoms with Crippen molar-refractivity contribution in [3.63, 3.8) is 0 Å². The zero-order valence-electron chi connectivity index (χ0n) is 14.0. The van der Waals surface area contributed by atoms with Crippen LogP contribution in [0.3, 0.4) is 0 Å². The molecule has 0 aliphatic carbocycles. The van der Waals surface area contributed by atoms with Crippen molar-refractivity contribution in [2.45, 2.75) is 26.0 Å². The fourth-order valence-electron chi connectivity index (χ4n) is 3.24. The molecule has 0 saturated heterocycles. The number of benzene rings is 2. The summed E-state index contributed by atoms with van der Waals surface area (Å²) in [5.74, 6) is 0.875. The molecule has 1 aliphatic heterocycles. The number of fused-ring (bicyclic) bond motifs is 1. The van der Waals surface area contributed by atoms with E-state index >= 15 is 0 Å². The van der Waals surface area contributed by atoms with E-state index in [9.17, 15) is 0 Å². The normalized spacial score (nSPS) is 13.5. The molecule has 0 radical (unpaired) electrons. The van der Waals surface area contributed by atoms with Gasteiger partial charge in [-0.15, -0.1) is 11.3 Å². The highest BCUT2D eigenvalue weighted by molar-refractivity contribution is 7.09. The van der Waals surface area contributed by atoms with E-state index in [2.05, 4.69) is 16.3 Å². The summed E-state index contributed by atoms with van der Waals surface area (Å²) in [7, 11) is 0. The minimum Gasteiger partial charge on any atom is -0.486 e. The summed E-state index contributed by atoms with van der Waals surface area (Å²) < 4.78 is 5.79. The third-order valence-corrected chi connectivity index (χ3v) is 5.31. The van der Waals surface area contributed by atoms with Crippen LogP contribution in [0.1, 0.15) is 22.7 Å². The number of nitrogens with zero attached hydrogens (tertiary/aromatic N) is 2. The highest BCUT2D eigenvalue weighted by Crippen LogP contribution is 2.32. The van der Waals surface area contributed by atoms with E-state index in [-0.39, 0.29) is 0 Å². The molecule has 1 aromatic heterocycles. The second kappa shape index (κ2) is 7.15. The van der Waals surface area contributed by atoms with Crippen molar-refractivity contribution in [2.75, 3.05) is 17.2 Å². The molecule has 25 heavy (non-hydrogen) atoms. The average Bonchev–Trinajstić information content (AvgIpc) is 3.09. The number of hydrogen-bond donors (Lipinski definition) is 1. The summed E-state index contributed by atoms with van der Waals surface area (Å²) in [5.41, 5.74) is 10.7. The average molecular weight is 351 g/mol. The zero-order chi connectivity index (χ0) is 17.1. The number of nitrogen functional groups attached to an aromatic ring is 1. The highest BCUT2D eigenvalue weighted by atomic mass is 32.1. The van der Waals surface area contributed by atoms with E-state index < -0.39 is 0 Å². The van der Waals surface area contributed by atoms with Gasteiger partial charge in [-0.3, -0.25) is 0 Å². The van der Waals surface area contributed by atoms with Gasteiger partial charge in [0.15, 0.2) is 0 Å².